The number of nitrogens with one attached hydrogen (secondary N) is 1. The zero-order valence-electron chi connectivity index (χ0n) is 14.7. The van der Waals surface area contributed by atoms with Gasteiger partial charge in [-0.15, -0.1) is 11.6 Å². The van der Waals surface area contributed by atoms with Gasteiger partial charge in [0.1, 0.15) is 5.82 Å². The molecule has 1 aromatic carbocycles. The topological polar surface area (TPSA) is 36.1 Å². The number of alkyl halides is 1. The Labute approximate surface area is 152 Å². The van der Waals surface area contributed by atoms with Gasteiger partial charge in [-0.25, -0.2) is 4.39 Å². The van der Waals surface area contributed by atoms with Gasteiger partial charge in [-0.2, -0.15) is 0 Å². The van der Waals surface area contributed by atoms with Gasteiger partial charge in [-0.05, 0) is 49.3 Å². The van der Waals surface area contributed by atoms with Gasteiger partial charge in [0.15, 0.2) is 0 Å². The zero-order chi connectivity index (χ0) is 17.8. The number of rotatable bonds is 4. The van der Waals surface area contributed by atoms with Crippen molar-refractivity contribution in [2.24, 2.45) is 0 Å². The molecular weight excluding hydrogens is 339 g/mol. The minimum Gasteiger partial charge on any atom is -0.361 e. The van der Waals surface area contributed by atoms with E-state index in [-0.39, 0.29) is 34.6 Å². The maximum Gasteiger partial charge on any atom is 0.223 e. The first kappa shape index (κ1) is 16.9. The first-order chi connectivity index (χ1) is 11.9. The van der Waals surface area contributed by atoms with Crippen molar-refractivity contribution in [1.29, 1.82) is 0 Å². The molecule has 3 aliphatic rings. The molecule has 2 atom stereocenters. The van der Waals surface area contributed by atoms with Gasteiger partial charge in [0, 0.05) is 35.6 Å². The Morgan fingerprint density at radius 3 is 2.92 bits per heavy atom. The van der Waals surface area contributed by atoms with Crippen LogP contribution in [0.4, 0.5) is 4.39 Å². The summed E-state index contributed by atoms with van der Waals surface area (Å²) in [7, 11) is 0. The molecule has 2 bridgehead atoms. The van der Waals surface area contributed by atoms with Crippen LogP contribution in [0.1, 0.15) is 57.4 Å². The van der Waals surface area contributed by atoms with Gasteiger partial charge in [0.25, 0.3) is 0 Å². The molecule has 0 radical (unpaired) electrons. The highest BCUT2D eigenvalue weighted by atomic mass is 35.5. The standard InChI is InChI=1S/C20H24ClFN2O/c1-3-13-8-20(21)9-14(10-20)24(13)18(25)7-12(2)15-11-23-17-6-4-5-16(22)19(15)17/h4-6,11-14,23H,3,7-10H2,1-2H3. The molecule has 3 fully saturated rings. The summed E-state index contributed by atoms with van der Waals surface area (Å²) >= 11 is 6.57. The molecule has 5 heteroatoms. The van der Waals surface area contributed by atoms with Crippen molar-refractivity contribution in [3.05, 3.63) is 35.8 Å². The van der Waals surface area contributed by atoms with Crippen LogP contribution in [0.3, 0.4) is 0 Å². The monoisotopic (exact) mass is 362 g/mol. The fraction of sp³-hybridized carbons (Fsp3) is 0.550. The number of carbonyl (C=O) groups is 1. The van der Waals surface area contributed by atoms with E-state index in [2.05, 4.69) is 16.8 Å². The number of carbonyl (C=O) groups excluding carboxylic acids is 1. The second kappa shape index (κ2) is 6.01. The highest BCUT2D eigenvalue weighted by Crippen LogP contribution is 2.51. The van der Waals surface area contributed by atoms with Crippen LogP contribution < -0.4 is 0 Å². The third-order valence-electron chi connectivity index (χ3n) is 6.05. The van der Waals surface area contributed by atoms with Crippen molar-refractivity contribution >= 4 is 28.4 Å². The summed E-state index contributed by atoms with van der Waals surface area (Å²) in [6.45, 7) is 4.12. The maximum atomic E-state index is 14.2. The van der Waals surface area contributed by atoms with Crippen LogP contribution in [0, 0.1) is 5.82 Å². The number of amides is 1. The van der Waals surface area contributed by atoms with Crippen molar-refractivity contribution in [3.63, 3.8) is 0 Å². The molecule has 2 saturated heterocycles. The van der Waals surface area contributed by atoms with E-state index in [1.807, 2.05) is 19.2 Å². The number of H-pyrrole nitrogens is 1. The lowest BCUT2D eigenvalue weighted by molar-refractivity contribution is -0.145. The number of hydrogen-bond acceptors (Lipinski definition) is 1. The number of fused-ring (bicyclic) bond motifs is 3. The molecule has 1 aliphatic carbocycles. The van der Waals surface area contributed by atoms with Crippen LogP contribution in [0.15, 0.2) is 24.4 Å². The van der Waals surface area contributed by atoms with E-state index in [1.54, 1.807) is 6.07 Å². The summed E-state index contributed by atoms with van der Waals surface area (Å²) in [5.41, 5.74) is 1.66. The molecule has 5 rings (SSSR count). The van der Waals surface area contributed by atoms with E-state index in [4.69, 9.17) is 11.6 Å². The first-order valence-corrected chi connectivity index (χ1v) is 9.55. The van der Waals surface area contributed by atoms with Gasteiger partial charge in [-0.1, -0.05) is 19.9 Å². The van der Waals surface area contributed by atoms with Gasteiger partial charge in [-0.3, -0.25) is 4.79 Å². The Kier molecular flexibility index (Phi) is 4.06. The van der Waals surface area contributed by atoms with E-state index in [0.717, 1.165) is 36.8 Å². The van der Waals surface area contributed by atoms with Gasteiger partial charge >= 0.3 is 0 Å². The van der Waals surface area contributed by atoms with Crippen molar-refractivity contribution in [1.82, 2.24) is 9.88 Å². The van der Waals surface area contributed by atoms with Gasteiger partial charge in [0.2, 0.25) is 5.91 Å². The van der Waals surface area contributed by atoms with Crippen molar-refractivity contribution in [2.75, 3.05) is 0 Å². The molecule has 25 heavy (non-hydrogen) atoms. The molecule has 1 N–H and O–H groups in total. The summed E-state index contributed by atoms with van der Waals surface area (Å²) in [5, 5.41) is 0.608. The molecule has 2 aromatic rings. The largest absolute Gasteiger partial charge is 0.361 e. The highest BCUT2D eigenvalue weighted by molar-refractivity contribution is 6.24. The molecule has 3 heterocycles. The van der Waals surface area contributed by atoms with Crippen LogP contribution in [-0.4, -0.2) is 32.7 Å². The van der Waals surface area contributed by atoms with E-state index in [9.17, 15) is 9.18 Å². The van der Waals surface area contributed by atoms with Crippen LogP contribution in [0.25, 0.3) is 10.9 Å². The predicted molar refractivity (Wildman–Crippen MR) is 98.4 cm³/mol. The SMILES string of the molecule is CCC1CC2(Cl)CC(C2)N1C(=O)CC(C)c1c[nH]c2cccc(F)c12. The molecule has 2 aliphatic heterocycles. The predicted octanol–water partition coefficient (Wildman–Crippen LogP) is 4.95. The Bertz CT molecular complexity index is 811. The molecule has 3 nitrogen and oxygen atoms in total. The van der Waals surface area contributed by atoms with Crippen LogP contribution >= 0.6 is 11.6 Å². The molecule has 1 aromatic heterocycles. The summed E-state index contributed by atoms with van der Waals surface area (Å²) in [5.74, 6) is -0.0877. The van der Waals surface area contributed by atoms with E-state index in [1.165, 1.54) is 6.07 Å². The van der Waals surface area contributed by atoms with Gasteiger partial charge in [0.05, 0.1) is 4.87 Å². The third kappa shape index (κ3) is 2.75. The van der Waals surface area contributed by atoms with E-state index < -0.39 is 0 Å². The minimum atomic E-state index is -0.233. The molecule has 1 saturated carbocycles. The smallest absolute Gasteiger partial charge is 0.223 e. The normalized spacial score (nSPS) is 29.5. The number of aromatic amines is 1. The lowest BCUT2D eigenvalue weighted by Gasteiger charge is -2.58. The summed E-state index contributed by atoms with van der Waals surface area (Å²) in [6, 6.07) is 5.56. The average molecular weight is 363 g/mol. The van der Waals surface area contributed by atoms with Crippen LogP contribution in [0.5, 0.6) is 0 Å². The van der Waals surface area contributed by atoms with Crippen molar-refractivity contribution in [2.45, 2.75) is 68.8 Å². The Morgan fingerprint density at radius 1 is 1.44 bits per heavy atom. The summed E-state index contributed by atoms with van der Waals surface area (Å²) in [4.78, 5) is 18.1. The summed E-state index contributed by atoms with van der Waals surface area (Å²) in [6.07, 6.45) is 5.89. The van der Waals surface area contributed by atoms with Crippen molar-refractivity contribution in [3.8, 4) is 0 Å². The van der Waals surface area contributed by atoms with E-state index in [0.29, 0.717) is 11.8 Å². The number of nitrogens with zero attached hydrogens (tertiary/aromatic N) is 1. The first-order valence-electron chi connectivity index (χ1n) is 9.17. The Hall–Kier alpha value is -1.55. The second-order valence-electron chi connectivity index (χ2n) is 7.79. The lowest BCUT2D eigenvalue weighted by Crippen LogP contribution is -2.65. The lowest BCUT2D eigenvalue weighted by atomic mass is 9.69. The highest BCUT2D eigenvalue weighted by Gasteiger charge is 2.54. The van der Waals surface area contributed by atoms with E-state index >= 15 is 0 Å². The fourth-order valence-corrected chi connectivity index (χ4v) is 5.28. The Morgan fingerprint density at radius 2 is 2.20 bits per heavy atom. The third-order valence-corrected chi connectivity index (χ3v) is 6.51. The number of hydrogen-bond donors (Lipinski definition) is 1. The zero-order valence-corrected chi connectivity index (χ0v) is 15.4. The average Bonchev–Trinajstić information content (AvgIpc) is 2.98. The maximum absolute atomic E-state index is 14.2. The molecule has 134 valence electrons. The summed E-state index contributed by atoms with van der Waals surface area (Å²) < 4.78 is 14.2. The second-order valence-corrected chi connectivity index (χ2v) is 8.59. The molecule has 0 spiro atoms. The van der Waals surface area contributed by atoms with Crippen LogP contribution in [0.2, 0.25) is 0 Å². The molecule has 2 unspecified atom stereocenters. The van der Waals surface area contributed by atoms with Crippen LogP contribution in [-0.2, 0) is 4.79 Å². The number of piperidine rings is 2. The molecule has 1 amide bonds. The fourth-order valence-electron chi connectivity index (χ4n) is 4.75. The van der Waals surface area contributed by atoms with Crippen molar-refractivity contribution < 1.29 is 9.18 Å². The number of aromatic nitrogens is 1. The quantitative estimate of drug-likeness (QED) is 0.767. The number of benzene rings is 1. The minimum absolute atomic E-state index is 0.0292. The molecular formula is C20H24ClFN2O. The van der Waals surface area contributed by atoms with Gasteiger partial charge < -0.3 is 9.88 Å². The number of halogens is 2. The Balaban J connectivity index is 1.54.